The van der Waals surface area contributed by atoms with E-state index in [2.05, 4.69) is 46.3 Å². The van der Waals surface area contributed by atoms with Gasteiger partial charge in [0, 0.05) is 6.42 Å². The van der Waals surface area contributed by atoms with E-state index in [0.29, 0.717) is 6.42 Å². The molecule has 0 saturated carbocycles. The predicted octanol–water partition coefficient (Wildman–Crippen LogP) is 5.78. The molecule has 8 heteroatoms. The van der Waals surface area contributed by atoms with Gasteiger partial charge in [-0.15, -0.1) is 36.1 Å². The van der Waals surface area contributed by atoms with E-state index in [1.54, 1.807) is 24.3 Å². The normalized spacial score (nSPS) is 12.3. The zero-order valence-electron chi connectivity index (χ0n) is 22.4. The van der Waals surface area contributed by atoms with Crippen LogP contribution in [0.5, 0.6) is 0 Å². The molecule has 1 atom stereocenters. The lowest BCUT2D eigenvalue weighted by atomic mass is 10.1. The molecule has 200 valence electrons. The Labute approximate surface area is 228 Å². The first-order valence-electron chi connectivity index (χ1n) is 12.2. The van der Waals surface area contributed by atoms with Crippen LogP contribution in [-0.2, 0) is 19.6 Å². The van der Waals surface area contributed by atoms with Gasteiger partial charge in [0.2, 0.25) is 0 Å². The van der Waals surface area contributed by atoms with Gasteiger partial charge >= 0.3 is 18.2 Å². The van der Waals surface area contributed by atoms with Crippen LogP contribution in [0.25, 0.3) is 0 Å². The highest BCUT2D eigenvalue weighted by Gasteiger charge is 2.26. The Morgan fingerprint density at radius 2 is 1.05 bits per heavy atom. The molecule has 2 aromatic carbocycles. The third kappa shape index (κ3) is 7.85. The quantitative estimate of drug-likeness (QED) is 0.160. The highest BCUT2D eigenvalue weighted by Crippen LogP contribution is 2.21. The summed E-state index contributed by atoms with van der Waals surface area (Å²) in [6.45, 7) is 25.6. The first-order chi connectivity index (χ1) is 18.0. The second kappa shape index (κ2) is 14.0. The van der Waals surface area contributed by atoms with Crippen LogP contribution in [0.2, 0.25) is 13.1 Å². The van der Waals surface area contributed by atoms with Crippen molar-refractivity contribution in [1.29, 1.82) is 0 Å². The maximum atomic E-state index is 12.6. The van der Waals surface area contributed by atoms with Gasteiger partial charge in [-0.1, -0.05) is 90.8 Å². The van der Waals surface area contributed by atoms with Gasteiger partial charge in [-0.25, -0.2) is 9.59 Å². The summed E-state index contributed by atoms with van der Waals surface area (Å²) in [5.41, 5.74) is 8.22. The van der Waals surface area contributed by atoms with Crippen LogP contribution in [0.3, 0.4) is 0 Å². The lowest BCUT2D eigenvalue weighted by Crippen LogP contribution is -2.40. The zero-order chi connectivity index (χ0) is 28.3. The summed E-state index contributed by atoms with van der Waals surface area (Å²) in [6.07, 6.45) is 0.589. The topological polar surface area (TPSA) is 71.1 Å². The van der Waals surface area contributed by atoms with E-state index in [1.165, 1.54) is 0 Å². The molecular weight excluding hydrogens is 512 g/mol. The lowest BCUT2D eigenvalue weighted by Gasteiger charge is -2.19. The molecule has 0 aliphatic heterocycles. The molecule has 0 saturated heterocycles. The number of rotatable bonds is 15. The molecule has 2 radical (unpaired) electrons. The summed E-state index contributed by atoms with van der Waals surface area (Å²) < 4.78 is 0. The Balaban J connectivity index is 2.03. The highest BCUT2D eigenvalue weighted by molar-refractivity contribution is 6.99. The van der Waals surface area contributed by atoms with E-state index < -0.39 is 28.1 Å². The first kappa shape index (κ1) is 30.9. The van der Waals surface area contributed by atoms with Crippen LogP contribution in [-0.4, -0.2) is 28.1 Å². The monoisotopic (exact) mass is 548 g/mol. The van der Waals surface area contributed by atoms with Gasteiger partial charge in [0.15, 0.2) is 0 Å². The Morgan fingerprint density at radius 1 is 0.711 bits per heavy atom. The molecule has 0 heterocycles. The molecule has 0 aliphatic rings. The molecule has 0 spiro atoms. The Morgan fingerprint density at radius 3 is 1.34 bits per heavy atom. The van der Waals surface area contributed by atoms with Gasteiger partial charge in [0.25, 0.3) is 0 Å². The van der Waals surface area contributed by atoms with Crippen molar-refractivity contribution in [2.45, 2.75) is 32.9 Å². The second-order valence-electron chi connectivity index (χ2n) is 9.41. The van der Waals surface area contributed by atoms with Gasteiger partial charge in [-0.2, -0.15) is 0 Å². The Kier molecular flexibility index (Phi) is 11.4. The number of hydrogen-bond donors (Lipinski definition) is 0. The van der Waals surface area contributed by atoms with Crippen LogP contribution in [0.15, 0.2) is 97.6 Å². The Hall–Kier alpha value is -3.31. The third-order valence-corrected chi connectivity index (χ3v) is 13.2. The van der Waals surface area contributed by atoms with Crippen molar-refractivity contribution < 1.29 is 29.1 Å². The summed E-state index contributed by atoms with van der Waals surface area (Å²) >= 11 is 0. The fraction of sp³-hybridized carbons (Fsp3) is 0.200. The van der Waals surface area contributed by atoms with Crippen molar-refractivity contribution in [2.24, 2.45) is 5.92 Å². The molecule has 0 bridgehead atoms. The maximum Gasteiger partial charge on any atom is 0.373 e. The second-order valence-corrected chi connectivity index (χ2v) is 17.3. The molecule has 0 fully saturated rings. The number of benzene rings is 2. The van der Waals surface area contributed by atoms with Crippen molar-refractivity contribution in [3.05, 3.63) is 122 Å². The summed E-state index contributed by atoms with van der Waals surface area (Å²) in [7, 11) is -3.99. The number of carbonyl (C=O) groups excluding carboxylic acids is 2. The molecule has 6 nitrogen and oxygen atoms in total. The van der Waals surface area contributed by atoms with Gasteiger partial charge in [-0.05, 0) is 30.2 Å². The fourth-order valence-corrected chi connectivity index (χ4v) is 6.35. The highest BCUT2D eigenvalue weighted by atomic mass is 28.3. The van der Waals surface area contributed by atoms with Crippen LogP contribution in [0, 0.1) is 19.1 Å². The maximum absolute atomic E-state index is 12.6. The van der Waals surface area contributed by atoms with E-state index in [9.17, 15) is 9.59 Å². The fourth-order valence-electron chi connectivity index (χ4n) is 3.30. The molecule has 38 heavy (non-hydrogen) atoms. The molecule has 2 rings (SSSR count). The molecule has 0 amide bonds. The van der Waals surface area contributed by atoms with Crippen molar-refractivity contribution in [3.63, 3.8) is 0 Å². The van der Waals surface area contributed by atoms with Crippen LogP contribution >= 0.6 is 0 Å². The van der Waals surface area contributed by atoms with Gasteiger partial charge in [0.1, 0.15) is 16.1 Å². The third-order valence-electron chi connectivity index (χ3n) is 6.61. The summed E-state index contributed by atoms with van der Waals surface area (Å²) in [6, 6.07) is 14.0. The average molecular weight is 549 g/mol. The van der Waals surface area contributed by atoms with Crippen LogP contribution in [0.1, 0.15) is 40.5 Å². The summed E-state index contributed by atoms with van der Waals surface area (Å²) in [5, 5.41) is 2.11. The van der Waals surface area contributed by atoms with E-state index in [-0.39, 0.29) is 29.8 Å². The van der Waals surface area contributed by atoms with E-state index in [4.69, 9.17) is 19.6 Å². The molecule has 0 N–H and O–H groups in total. The zero-order valence-corrected chi connectivity index (χ0v) is 24.4. The average Bonchev–Trinajstić information content (AvgIpc) is 2.97. The number of hydrogen-bond acceptors (Lipinski definition) is 6. The molecule has 0 aromatic heterocycles. The van der Waals surface area contributed by atoms with Crippen molar-refractivity contribution in [2.75, 3.05) is 0 Å². The minimum atomic E-state index is -2.00. The molecule has 2 aromatic rings. The van der Waals surface area contributed by atoms with Crippen molar-refractivity contribution in [3.8, 4) is 0 Å². The first-order valence-corrected chi connectivity index (χ1v) is 17.5. The molecular formula is C30H36O6Si2. The minimum absolute atomic E-state index is 0.0156. The van der Waals surface area contributed by atoms with E-state index in [0.717, 1.165) is 10.4 Å². The van der Waals surface area contributed by atoms with Gasteiger partial charge in [-0.3, -0.25) is 9.78 Å². The summed E-state index contributed by atoms with van der Waals surface area (Å²) in [5.74, 6) is -1.43. The van der Waals surface area contributed by atoms with E-state index >= 15 is 0 Å². The van der Waals surface area contributed by atoms with Crippen LogP contribution < -0.4 is 10.4 Å². The number of carbonyl (C=O) groups is 2. The van der Waals surface area contributed by atoms with Gasteiger partial charge in [0.05, 0.1) is 11.1 Å². The van der Waals surface area contributed by atoms with Crippen LogP contribution in [0.4, 0.5) is 0 Å². The standard InChI is InChI=1S/C30H36O6Si2/c1-9-23(6)22-28(33-35-29(31)24-14-18-26(19-15-24)37(7,10-2)11-3)34-36-30(32)25-16-20-27(21-17-25)38(8,12-4)13-5/h10-21,23H,1-5,9,22H2,6-8H3. The SMILES string of the molecule is [CH2]CC(C)C[C](OOC(=O)c1ccc([Si](C)(C=C)C=C)cc1)OOC(=O)c1ccc([Si](C)(C=C)C=C)cc1. The largest absolute Gasteiger partial charge is 0.373 e. The lowest BCUT2D eigenvalue weighted by molar-refractivity contribution is -0.365. The molecule has 0 aliphatic carbocycles. The Bertz CT molecular complexity index is 1040. The minimum Gasteiger partial charge on any atom is -0.289 e. The predicted molar refractivity (Wildman–Crippen MR) is 156 cm³/mol. The smallest absolute Gasteiger partial charge is 0.289 e. The summed E-state index contributed by atoms with van der Waals surface area (Å²) in [4.78, 5) is 45.3. The van der Waals surface area contributed by atoms with E-state index in [1.807, 2.05) is 54.0 Å². The molecule has 1 unspecified atom stereocenters. The van der Waals surface area contributed by atoms with Gasteiger partial charge < -0.3 is 0 Å². The van der Waals surface area contributed by atoms with Crippen molar-refractivity contribution in [1.82, 2.24) is 0 Å². The van der Waals surface area contributed by atoms with Crippen molar-refractivity contribution >= 4 is 38.5 Å².